The van der Waals surface area contributed by atoms with E-state index in [1.165, 1.54) is 0 Å². The molecular formula is C12H17N5O. The van der Waals surface area contributed by atoms with Gasteiger partial charge in [-0.25, -0.2) is 4.98 Å². The maximum Gasteiger partial charge on any atom is 0.226 e. The zero-order chi connectivity index (χ0) is 13.0. The van der Waals surface area contributed by atoms with Crippen LogP contribution in [0, 0.1) is 6.92 Å². The summed E-state index contributed by atoms with van der Waals surface area (Å²) in [6, 6.07) is 1.80. The van der Waals surface area contributed by atoms with Crippen molar-refractivity contribution in [3.63, 3.8) is 0 Å². The molecule has 6 heteroatoms. The van der Waals surface area contributed by atoms with Crippen LogP contribution in [0.15, 0.2) is 18.5 Å². The Morgan fingerprint density at radius 2 is 2.22 bits per heavy atom. The summed E-state index contributed by atoms with van der Waals surface area (Å²) in [7, 11) is 1.84. The monoisotopic (exact) mass is 247 g/mol. The van der Waals surface area contributed by atoms with Crippen molar-refractivity contribution < 1.29 is 4.74 Å². The van der Waals surface area contributed by atoms with Gasteiger partial charge in [-0.3, -0.25) is 4.68 Å². The largest absolute Gasteiger partial charge is 0.436 e. The number of rotatable bonds is 5. The SMILES string of the molecule is CCCNc1nc(C)cc(Oc2cnn(C)c2)n1. The molecule has 0 saturated carbocycles. The van der Waals surface area contributed by atoms with E-state index in [1.807, 2.05) is 14.0 Å². The van der Waals surface area contributed by atoms with Gasteiger partial charge in [0.2, 0.25) is 11.8 Å². The molecule has 0 aliphatic heterocycles. The summed E-state index contributed by atoms with van der Waals surface area (Å²) in [6.07, 6.45) is 4.46. The lowest BCUT2D eigenvalue weighted by atomic mass is 10.4. The van der Waals surface area contributed by atoms with Gasteiger partial charge in [0.05, 0.1) is 12.4 Å². The third kappa shape index (κ3) is 3.19. The van der Waals surface area contributed by atoms with Crippen molar-refractivity contribution in [1.82, 2.24) is 19.7 Å². The van der Waals surface area contributed by atoms with Crippen molar-refractivity contribution in [2.45, 2.75) is 20.3 Å². The van der Waals surface area contributed by atoms with E-state index in [0.29, 0.717) is 17.6 Å². The summed E-state index contributed by atoms with van der Waals surface area (Å²) in [5.41, 5.74) is 0.863. The Morgan fingerprint density at radius 3 is 2.89 bits per heavy atom. The minimum atomic E-state index is 0.522. The Bertz CT molecular complexity index is 523. The Morgan fingerprint density at radius 1 is 1.39 bits per heavy atom. The molecule has 2 aromatic rings. The van der Waals surface area contributed by atoms with Gasteiger partial charge in [-0.2, -0.15) is 10.1 Å². The molecule has 0 bridgehead atoms. The molecule has 0 spiro atoms. The van der Waals surface area contributed by atoms with Crippen molar-refractivity contribution >= 4 is 5.95 Å². The molecule has 0 radical (unpaired) electrons. The Labute approximate surface area is 106 Å². The van der Waals surface area contributed by atoms with Gasteiger partial charge in [-0.1, -0.05) is 6.92 Å². The third-order valence-electron chi connectivity index (χ3n) is 2.27. The van der Waals surface area contributed by atoms with Crippen LogP contribution in [0.4, 0.5) is 5.95 Å². The van der Waals surface area contributed by atoms with E-state index in [2.05, 4.69) is 27.3 Å². The van der Waals surface area contributed by atoms with Gasteiger partial charge in [0.25, 0.3) is 0 Å². The number of hydrogen-bond acceptors (Lipinski definition) is 5. The number of nitrogens with zero attached hydrogens (tertiary/aromatic N) is 4. The maximum atomic E-state index is 5.63. The van der Waals surface area contributed by atoms with Crippen LogP contribution < -0.4 is 10.1 Å². The molecule has 0 amide bonds. The van der Waals surface area contributed by atoms with Crippen molar-refractivity contribution in [3.05, 3.63) is 24.2 Å². The number of aryl methyl sites for hydroxylation is 2. The van der Waals surface area contributed by atoms with Gasteiger partial charge in [0.1, 0.15) is 0 Å². The Balaban J connectivity index is 2.14. The molecule has 2 heterocycles. The minimum absolute atomic E-state index is 0.522. The van der Waals surface area contributed by atoms with E-state index in [4.69, 9.17) is 4.74 Å². The molecule has 0 saturated heterocycles. The molecule has 0 aliphatic carbocycles. The second kappa shape index (κ2) is 5.48. The number of nitrogens with one attached hydrogen (secondary N) is 1. The average Bonchev–Trinajstić information content (AvgIpc) is 2.71. The van der Waals surface area contributed by atoms with Gasteiger partial charge in [0.15, 0.2) is 5.75 Å². The van der Waals surface area contributed by atoms with Crippen LogP contribution in [0.25, 0.3) is 0 Å². The molecule has 1 N–H and O–H groups in total. The fourth-order valence-corrected chi connectivity index (χ4v) is 1.48. The highest BCUT2D eigenvalue weighted by atomic mass is 16.5. The fourth-order valence-electron chi connectivity index (χ4n) is 1.48. The minimum Gasteiger partial charge on any atom is -0.436 e. The summed E-state index contributed by atoms with van der Waals surface area (Å²) in [4.78, 5) is 8.59. The van der Waals surface area contributed by atoms with Gasteiger partial charge in [0, 0.05) is 25.4 Å². The Hall–Kier alpha value is -2.11. The smallest absolute Gasteiger partial charge is 0.226 e. The highest BCUT2D eigenvalue weighted by Gasteiger charge is 2.05. The van der Waals surface area contributed by atoms with E-state index in [9.17, 15) is 0 Å². The second-order valence-electron chi connectivity index (χ2n) is 4.05. The van der Waals surface area contributed by atoms with E-state index < -0.39 is 0 Å². The fraction of sp³-hybridized carbons (Fsp3) is 0.417. The van der Waals surface area contributed by atoms with Gasteiger partial charge < -0.3 is 10.1 Å². The van der Waals surface area contributed by atoms with Crippen LogP contribution in [0.2, 0.25) is 0 Å². The highest BCUT2D eigenvalue weighted by Crippen LogP contribution is 2.20. The van der Waals surface area contributed by atoms with Crippen LogP contribution in [0.1, 0.15) is 19.0 Å². The number of aromatic nitrogens is 4. The Kier molecular flexibility index (Phi) is 3.76. The normalized spacial score (nSPS) is 10.4. The summed E-state index contributed by atoms with van der Waals surface area (Å²) >= 11 is 0. The first kappa shape index (κ1) is 12.3. The number of ether oxygens (including phenoxy) is 1. The van der Waals surface area contributed by atoms with Crippen molar-refractivity contribution in [2.75, 3.05) is 11.9 Å². The zero-order valence-electron chi connectivity index (χ0n) is 10.8. The standard InChI is InChI=1S/C12H17N5O/c1-4-5-13-12-15-9(2)6-11(16-12)18-10-7-14-17(3)8-10/h6-8H,4-5H2,1-3H3,(H,13,15,16). The lowest BCUT2D eigenvalue weighted by Gasteiger charge is -2.07. The van der Waals surface area contributed by atoms with E-state index in [1.54, 1.807) is 23.1 Å². The molecule has 0 aromatic carbocycles. The summed E-state index contributed by atoms with van der Waals surface area (Å²) in [5.74, 6) is 1.78. The topological polar surface area (TPSA) is 64.9 Å². The van der Waals surface area contributed by atoms with Crippen LogP contribution >= 0.6 is 0 Å². The zero-order valence-corrected chi connectivity index (χ0v) is 10.8. The summed E-state index contributed by atoms with van der Waals surface area (Å²) < 4.78 is 7.31. The highest BCUT2D eigenvalue weighted by molar-refractivity contribution is 5.32. The first-order valence-corrected chi connectivity index (χ1v) is 5.93. The van der Waals surface area contributed by atoms with Crippen LogP contribution in [-0.4, -0.2) is 26.3 Å². The second-order valence-corrected chi connectivity index (χ2v) is 4.05. The summed E-state index contributed by atoms with van der Waals surface area (Å²) in [6.45, 7) is 4.85. The van der Waals surface area contributed by atoms with Crippen LogP contribution in [-0.2, 0) is 7.05 Å². The van der Waals surface area contributed by atoms with Gasteiger partial charge in [-0.05, 0) is 13.3 Å². The number of hydrogen-bond donors (Lipinski definition) is 1. The van der Waals surface area contributed by atoms with E-state index >= 15 is 0 Å². The molecule has 0 atom stereocenters. The van der Waals surface area contributed by atoms with Crippen molar-refractivity contribution in [3.8, 4) is 11.6 Å². The van der Waals surface area contributed by atoms with Crippen LogP contribution in [0.5, 0.6) is 11.6 Å². The third-order valence-corrected chi connectivity index (χ3v) is 2.27. The first-order valence-electron chi connectivity index (χ1n) is 5.93. The lowest BCUT2D eigenvalue weighted by molar-refractivity contribution is 0.461. The predicted molar refractivity (Wildman–Crippen MR) is 68.8 cm³/mol. The van der Waals surface area contributed by atoms with E-state index in [0.717, 1.165) is 18.7 Å². The maximum absolute atomic E-state index is 5.63. The molecule has 0 aliphatic rings. The van der Waals surface area contributed by atoms with E-state index in [-0.39, 0.29) is 0 Å². The molecule has 0 fully saturated rings. The molecule has 2 rings (SSSR count). The van der Waals surface area contributed by atoms with Gasteiger partial charge in [-0.15, -0.1) is 0 Å². The average molecular weight is 247 g/mol. The van der Waals surface area contributed by atoms with Gasteiger partial charge >= 0.3 is 0 Å². The van der Waals surface area contributed by atoms with Crippen LogP contribution in [0.3, 0.4) is 0 Å². The van der Waals surface area contributed by atoms with Crippen molar-refractivity contribution in [2.24, 2.45) is 7.05 Å². The molecular weight excluding hydrogens is 230 g/mol. The molecule has 0 unspecified atom stereocenters. The van der Waals surface area contributed by atoms with Crippen molar-refractivity contribution in [1.29, 1.82) is 0 Å². The molecule has 96 valence electrons. The summed E-state index contributed by atoms with van der Waals surface area (Å²) in [5, 5.41) is 7.18. The number of anilines is 1. The first-order chi connectivity index (χ1) is 8.67. The molecule has 18 heavy (non-hydrogen) atoms. The molecule has 6 nitrogen and oxygen atoms in total. The predicted octanol–water partition coefficient (Wildman–Crippen LogP) is 2.13. The molecule has 2 aromatic heterocycles. The quantitative estimate of drug-likeness (QED) is 0.876. The lowest BCUT2D eigenvalue weighted by Crippen LogP contribution is -2.05.